The van der Waals surface area contributed by atoms with Crippen molar-refractivity contribution < 1.29 is 19.4 Å². The Hall–Kier alpha value is -1.55. The molecule has 4 nitrogen and oxygen atoms in total. The first kappa shape index (κ1) is 15.5. The molecule has 0 heterocycles. The fraction of sp³-hybridized carbons (Fsp3) is 0.533. The number of ether oxygens (including phenoxy) is 2. The highest BCUT2D eigenvalue weighted by molar-refractivity contribution is 5.71. The van der Waals surface area contributed by atoms with Gasteiger partial charge < -0.3 is 14.6 Å². The van der Waals surface area contributed by atoms with Gasteiger partial charge in [0.2, 0.25) is 0 Å². The zero-order valence-corrected chi connectivity index (χ0v) is 11.6. The molecule has 0 spiro atoms. The second-order valence-corrected chi connectivity index (χ2v) is 4.36. The zero-order chi connectivity index (χ0) is 14.1. The third-order valence-electron chi connectivity index (χ3n) is 2.77. The fourth-order valence-corrected chi connectivity index (χ4v) is 1.54. The molecule has 1 aromatic carbocycles. The first-order valence-corrected chi connectivity index (χ1v) is 6.73. The monoisotopic (exact) mass is 266 g/mol. The quantitative estimate of drug-likeness (QED) is 0.580. The van der Waals surface area contributed by atoms with Crippen molar-refractivity contribution in [3.05, 3.63) is 29.8 Å². The maximum atomic E-state index is 11.3. The molecule has 0 fully saturated rings. The Kier molecular flexibility index (Phi) is 6.97. The van der Waals surface area contributed by atoms with Gasteiger partial charge in [-0.15, -0.1) is 0 Å². The molecule has 0 radical (unpaired) electrons. The van der Waals surface area contributed by atoms with Crippen molar-refractivity contribution in [2.24, 2.45) is 0 Å². The van der Waals surface area contributed by atoms with E-state index in [0.29, 0.717) is 18.8 Å². The third-order valence-corrected chi connectivity index (χ3v) is 2.77. The van der Waals surface area contributed by atoms with Crippen LogP contribution < -0.4 is 4.74 Å². The molecule has 0 amide bonds. The number of benzene rings is 1. The van der Waals surface area contributed by atoms with E-state index in [1.807, 2.05) is 13.8 Å². The summed E-state index contributed by atoms with van der Waals surface area (Å²) in [5, 5.41) is 9.64. The Labute approximate surface area is 114 Å². The van der Waals surface area contributed by atoms with Gasteiger partial charge >= 0.3 is 5.97 Å². The SMILES string of the molecule is CCCCOC(=O)COc1ccc([C@@H](O)CC)cc1. The van der Waals surface area contributed by atoms with Gasteiger partial charge in [-0.1, -0.05) is 32.4 Å². The molecule has 0 saturated heterocycles. The summed E-state index contributed by atoms with van der Waals surface area (Å²) in [6.07, 6.45) is 2.09. The summed E-state index contributed by atoms with van der Waals surface area (Å²) >= 11 is 0. The van der Waals surface area contributed by atoms with Gasteiger partial charge in [0.15, 0.2) is 6.61 Å². The van der Waals surface area contributed by atoms with E-state index in [4.69, 9.17) is 9.47 Å². The van der Waals surface area contributed by atoms with E-state index >= 15 is 0 Å². The van der Waals surface area contributed by atoms with Crippen molar-refractivity contribution >= 4 is 5.97 Å². The van der Waals surface area contributed by atoms with Gasteiger partial charge in [0.1, 0.15) is 5.75 Å². The van der Waals surface area contributed by atoms with Crippen LogP contribution in [0.15, 0.2) is 24.3 Å². The summed E-state index contributed by atoms with van der Waals surface area (Å²) in [7, 11) is 0. The summed E-state index contributed by atoms with van der Waals surface area (Å²) in [6.45, 7) is 4.32. The van der Waals surface area contributed by atoms with Crippen LogP contribution in [-0.2, 0) is 9.53 Å². The number of aliphatic hydroxyl groups excluding tert-OH is 1. The Morgan fingerprint density at radius 3 is 2.53 bits per heavy atom. The smallest absolute Gasteiger partial charge is 0.344 e. The van der Waals surface area contributed by atoms with Crippen molar-refractivity contribution in [2.45, 2.75) is 39.2 Å². The van der Waals surface area contributed by atoms with Crippen LogP contribution in [0, 0.1) is 0 Å². The molecule has 0 saturated carbocycles. The van der Waals surface area contributed by atoms with Crippen molar-refractivity contribution in [1.82, 2.24) is 0 Å². The van der Waals surface area contributed by atoms with Gasteiger partial charge in [-0.2, -0.15) is 0 Å². The van der Waals surface area contributed by atoms with E-state index < -0.39 is 6.10 Å². The Balaban J connectivity index is 2.35. The van der Waals surface area contributed by atoms with Gasteiger partial charge in [-0.3, -0.25) is 0 Å². The van der Waals surface area contributed by atoms with Crippen molar-refractivity contribution in [3.63, 3.8) is 0 Å². The molecule has 0 aliphatic rings. The zero-order valence-electron chi connectivity index (χ0n) is 11.6. The van der Waals surface area contributed by atoms with Crippen LogP contribution >= 0.6 is 0 Å². The summed E-state index contributed by atoms with van der Waals surface area (Å²) in [6, 6.07) is 7.08. The molecule has 1 rings (SSSR count). The molecule has 4 heteroatoms. The number of hydrogen-bond acceptors (Lipinski definition) is 4. The van der Waals surface area contributed by atoms with E-state index in [9.17, 15) is 9.90 Å². The lowest BCUT2D eigenvalue weighted by molar-refractivity contribution is -0.146. The molecule has 1 aromatic rings. The predicted octanol–water partition coefficient (Wildman–Crippen LogP) is 2.85. The van der Waals surface area contributed by atoms with E-state index in [1.54, 1.807) is 24.3 Å². The Bertz CT molecular complexity index is 372. The van der Waals surface area contributed by atoms with Gasteiger partial charge in [-0.25, -0.2) is 4.79 Å². The number of esters is 1. The minimum atomic E-state index is -0.451. The van der Waals surface area contributed by atoms with Gasteiger partial charge in [0.25, 0.3) is 0 Å². The molecule has 0 aliphatic heterocycles. The maximum Gasteiger partial charge on any atom is 0.344 e. The number of aliphatic hydroxyl groups is 1. The van der Waals surface area contributed by atoms with Crippen molar-refractivity contribution in [2.75, 3.05) is 13.2 Å². The van der Waals surface area contributed by atoms with Gasteiger partial charge in [0.05, 0.1) is 12.7 Å². The van der Waals surface area contributed by atoms with Crippen LogP contribution in [0.3, 0.4) is 0 Å². The number of rotatable bonds is 8. The fourth-order valence-electron chi connectivity index (χ4n) is 1.54. The highest BCUT2D eigenvalue weighted by Gasteiger charge is 2.06. The third kappa shape index (κ3) is 5.75. The van der Waals surface area contributed by atoms with Crippen molar-refractivity contribution in [1.29, 1.82) is 0 Å². The maximum absolute atomic E-state index is 11.3. The first-order chi connectivity index (χ1) is 9.17. The largest absolute Gasteiger partial charge is 0.482 e. The molecule has 106 valence electrons. The molecular weight excluding hydrogens is 244 g/mol. The lowest BCUT2D eigenvalue weighted by Crippen LogP contribution is -2.15. The second-order valence-electron chi connectivity index (χ2n) is 4.36. The summed E-state index contributed by atoms with van der Waals surface area (Å²) in [5.74, 6) is 0.241. The number of carbonyl (C=O) groups is 1. The molecule has 1 atom stereocenters. The highest BCUT2D eigenvalue weighted by Crippen LogP contribution is 2.19. The molecule has 0 unspecified atom stereocenters. The van der Waals surface area contributed by atoms with Gasteiger partial charge in [0, 0.05) is 0 Å². The predicted molar refractivity (Wildman–Crippen MR) is 73.1 cm³/mol. The lowest BCUT2D eigenvalue weighted by Gasteiger charge is -2.10. The lowest BCUT2D eigenvalue weighted by atomic mass is 10.1. The van der Waals surface area contributed by atoms with Crippen LogP contribution in [0.1, 0.15) is 44.8 Å². The molecule has 0 aliphatic carbocycles. The van der Waals surface area contributed by atoms with Crippen LogP contribution in [0.2, 0.25) is 0 Å². The molecule has 0 aromatic heterocycles. The normalized spacial score (nSPS) is 11.9. The topological polar surface area (TPSA) is 55.8 Å². The summed E-state index contributed by atoms with van der Waals surface area (Å²) in [4.78, 5) is 11.3. The summed E-state index contributed by atoms with van der Waals surface area (Å²) < 4.78 is 10.3. The van der Waals surface area contributed by atoms with Crippen molar-refractivity contribution in [3.8, 4) is 5.75 Å². The van der Waals surface area contributed by atoms with E-state index in [2.05, 4.69) is 0 Å². The average Bonchev–Trinajstić information content (AvgIpc) is 2.45. The van der Waals surface area contributed by atoms with E-state index in [0.717, 1.165) is 18.4 Å². The molecule has 0 bridgehead atoms. The highest BCUT2D eigenvalue weighted by atomic mass is 16.6. The van der Waals surface area contributed by atoms with E-state index in [1.165, 1.54) is 0 Å². The van der Waals surface area contributed by atoms with Crippen LogP contribution in [-0.4, -0.2) is 24.3 Å². The minimum absolute atomic E-state index is 0.0839. The average molecular weight is 266 g/mol. The van der Waals surface area contributed by atoms with E-state index in [-0.39, 0.29) is 12.6 Å². The summed E-state index contributed by atoms with van der Waals surface area (Å²) in [5.41, 5.74) is 0.848. The Morgan fingerprint density at radius 1 is 1.26 bits per heavy atom. The molecular formula is C15H22O4. The molecule has 19 heavy (non-hydrogen) atoms. The molecule has 1 N–H and O–H groups in total. The first-order valence-electron chi connectivity index (χ1n) is 6.73. The number of unbranched alkanes of at least 4 members (excludes halogenated alkanes) is 1. The second kappa shape index (κ2) is 8.53. The number of carbonyl (C=O) groups excluding carboxylic acids is 1. The van der Waals surface area contributed by atoms with Crippen LogP contribution in [0.4, 0.5) is 0 Å². The van der Waals surface area contributed by atoms with Gasteiger partial charge in [-0.05, 0) is 30.5 Å². The van der Waals surface area contributed by atoms with Crippen LogP contribution in [0.25, 0.3) is 0 Å². The minimum Gasteiger partial charge on any atom is -0.482 e. The number of hydrogen-bond donors (Lipinski definition) is 1. The Morgan fingerprint density at radius 2 is 1.95 bits per heavy atom. The standard InChI is InChI=1S/C15H22O4/c1-3-5-10-18-15(17)11-19-13-8-6-12(7-9-13)14(16)4-2/h6-9,14,16H,3-5,10-11H2,1-2H3/t14-/m0/s1. The van der Waals surface area contributed by atoms with Crippen LogP contribution in [0.5, 0.6) is 5.75 Å².